The monoisotopic (exact) mass is 404 g/mol. The molecule has 4 aromatic carbocycles. The van der Waals surface area contributed by atoms with Crippen molar-refractivity contribution >= 4 is 11.8 Å². The SMILES string of the molecule is CSc1ccc2c(c1)C1(c3ccccc3-c3ccccc31)c1cc(C(C)C)ccc1-2. The Bertz CT molecular complexity index is 1270. The maximum atomic E-state index is 2.48. The van der Waals surface area contributed by atoms with Crippen LogP contribution in [-0.2, 0) is 5.41 Å². The molecule has 0 atom stereocenters. The second-order valence-electron chi connectivity index (χ2n) is 8.71. The third-order valence-corrected chi connectivity index (χ3v) is 7.71. The summed E-state index contributed by atoms with van der Waals surface area (Å²) in [6, 6.07) is 32.3. The third kappa shape index (κ3) is 2.14. The molecule has 0 fully saturated rings. The van der Waals surface area contributed by atoms with Crippen molar-refractivity contribution in [3.8, 4) is 22.3 Å². The summed E-state index contributed by atoms with van der Waals surface area (Å²) in [5.41, 5.74) is 12.4. The Morgan fingerprint density at radius 3 is 1.73 bits per heavy atom. The minimum absolute atomic E-state index is 0.228. The fraction of sp³-hybridized carbons (Fsp3) is 0.172. The van der Waals surface area contributed by atoms with Crippen LogP contribution in [0.4, 0.5) is 0 Å². The number of hydrogen-bond donors (Lipinski definition) is 0. The van der Waals surface area contributed by atoms with Crippen molar-refractivity contribution < 1.29 is 0 Å². The van der Waals surface area contributed by atoms with Crippen LogP contribution in [0.5, 0.6) is 0 Å². The molecule has 0 saturated carbocycles. The lowest BCUT2D eigenvalue weighted by Gasteiger charge is -2.31. The van der Waals surface area contributed by atoms with Crippen LogP contribution in [0.1, 0.15) is 47.6 Å². The number of rotatable bonds is 2. The van der Waals surface area contributed by atoms with Gasteiger partial charge in [-0.3, -0.25) is 0 Å². The molecule has 1 heteroatoms. The van der Waals surface area contributed by atoms with E-state index >= 15 is 0 Å². The highest BCUT2D eigenvalue weighted by molar-refractivity contribution is 7.98. The first-order valence-electron chi connectivity index (χ1n) is 10.7. The van der Waals surface area contributed by atoms with E-state index in [1.54, 1.807) is 0 Å². The molecule has 0 N–H and O–H groups in total. The van der Waals surface area contributed by atoms with Gasteiger partial charge in [0.25, 0.3) is 0 Å². The predicted octanol–water partition coefficient (Wildman–Crippen LogP) is 7.88. The normalized spacial score (nSPS) is 14.5. The van der Waals surface area contributed by atoms with Gasteiger partial charge < -0.3 is 0 Å². The Morgan fingerprint density at radius 1 is 0.600 bits per heavy atom. The average molecular weight is 405 g/mol. The standard InChI is InChI=1S/C29H24S/c1-18(2)19-12-14-23-24-15-13-20(30-3)17-28(24)29(27(23)16-19)25-10-6-4-8-21(25)22-9-5-7-11-26(22)29/h4-18H,1-3H3. The largest absolute Gasteiger partial charge is 0.130 e. The molecule has 0 amide bonds. The van der Waals surface area contributed by atoms with E-state index in [-0.39, 0.29) is 5.41 Å². The number of benzene rings is 4. The molecular weight excluding hydrogens is 380 g/mol. The third-order valence-electron chi connectivity index (χ3n) is 6.99. The van der Waals surface area contributed by atoms with Gasteiger partial charge in [0.1, 0.15) is 0 Å². The zero-order valence-corrected chi connectivity index (χ0v) is 18.4. The Kier molecular flexibility index (Phi) is 3.82. The van der Waals surface area contributed by atoms with Crippen molar-refractivity contribution in [2.24, 2.45) is 0 Å². The van der Waals surface area contributed by atoms with E-state index in [0.29, 0.717) is 5.92 Å². The van der Waals surface area contributed by atoms with Crippen LogP contribution < -0.4 is 0 Å². The van der Waals surface area contributed by atoms with Gasteiger partial charge in [-0.2, -0.15) is 0 Å². The summed E-state index contributed by atoms with van der Waals surface area (Å²) >= 11 is 1.83. The van der Waals surface area contributed by atoms with Crippen LogP contribution in [0.3, 0.4) is 0 Å². The summed E-state index contributed by atoms with van der Waals surface area (Å²) in [6.45, 7) is 4.58. The first kappa shape index (κ1) is 18.0. The Balaban J connectivity index is 1.82. The average Bonchev–Trinajstić information content (AvgIpc) is 3.25. The van der Waals surface area contributed by atoms with Crippen molar-refractivity contribution in [1.82, 2.24) is 0 Å². The summed E-state index contributed by atoms with van der Waals surface area (Å²) in [6.07, 6.45) is 2.17. The minimum Gasteiger partial charge on any atom is -0.130 e. The van der Waals surface area contributed by atoms with Gasteiger partial charge in [0.15, 0.2) is 0 Å². The molecule has 0 unspecified atom stereocenters. The fourth-order valence-electron chi connectivity index (χ4n) is 5.62. The molecule has 0 heterocycles. The van der Waals surface area contributed by atoms with E-state index in [4.69, 9.17) is 0 Å². The number of hydrogen-bond acceptors (Lipinski definition) is 1. The molecule has 0 aromatic heterocycles. The summed E-state index contributed by atoms with van der Waals surface area (Å²) in [5, 5.41) is 0. The van der Waals surface area contributed by atoms with E-state index in [9.17, 15) is 0 Å². The number of fused-ring (bicyclic) bond motifs is 10. The lowest BCUT2D eigenvalue weighted by Crippen LogP contribution is -2.26. The van der Waals surface area contributed by atoms with Crippen LogP contribution in [0.2, 0.25) is 0 Å². The molecular formula is C29H24S. The quantitative estimate of drug-likeness (QED) is 0.265. The van der Waals surface area contributed by atoms with Crippen molar-refractivity contribution in [2.45, 2.75) is 30.1 Å². The van der Waals surface area contributed by atoms with Crippen LogP contribution >= 0.6 is 11.8 Å². The molecule has 0 nitrogen and oxygen atoms in total. The predicted molar refractivity (Wildman–Crippen MR) is 129 cm³/mol. The van der Waals surface area contributed by atoms with E-state index in [1.165, 1.54) is 55.0 Å². The van der Waals surface area contributed by atoms with Gasteiger partial charge in [0, 0.05) is 4.90 Å². The molecule has 2 aliphatic rings. The van der Waals surface area contributed by atoms with Crippen LogP contribution in [0.15, 0.2) is 89.8 Å². The molecule has 0 aliphatic heterocycles. The molecule has 2 aliphatic carbocycles. The highest BCUT2D eigenvalue weighted by atomic mass is 32.2. The summed E-state index contributed by atoms with van der Waals surface area (Å²) in [7, 11) is 0. The maximum absolute atomic E-state index is 2.48. The zero-order valence-electron chi connectivity index (χ0n) is 17.6. The van der Waals surface area contributed by atoms with Gasteiger partial charge in [-0.1, -0.05) is 86.6 Å². The van der Waals surface area contributed by atoms with Crippen LogP contribution in [0, 0.1) is 0 Å². The molecule has 6 rings (SSSR count). The minimum atomic E-state index is -0.228. The highest BCUT2D eigenvalue weighted by Gasteiger charge is 2.51. The molecule has 0 radical (unpaired) electrons. The van der Waals surface area contributed by atoms with Crippen molar-refractivity contribution in [3.63, 3.8) is 0 Å². The lowest BCUT2D eigenvalue weighted by atomic mass is 9.70. The molecule has 0 bridgehead atoms. The Labute approximate surface area is 183 Å². The zero-order chi connectivity index (χ0) is 20.5. The molecule has 4 aromatic rings. The number of thioether (sulfide) groups is 1. The molecule has 1 spiro atoms. The first-order valence-corrected chi connectivity index (χ1v) is 11.9. The summed E-state index contributed by atoms with van der Waals surface area (Å²) in [4.78, 5) is 1.33. The van der Waals surface area contributed by atoms with Gasteiger partial charge in [-0.05, 0) is 74.4 Å². The van der Waals surface area contributed by atoms with Gasteiger partial charge >= 0.3 is 0 Å². The van der Waals surface area contributed by atoms with Gasteiger partial charge in [-0.15, -0.1) is 11.8 Å². The molecule has 0 saturated heterocycles. The van der Waals surface area contributed by atoms with Crippen molar-refractivity contribution in [2.75, 3.05) is 6.26 Å². The van der Waals surface area contributed by atoms with E-state index in [2.05, 4.69) is 105 Å². The van der Waals surface area contributed by atoms with Gasteiger partial charge in [0.2, 0.25) is 0 Å². The first-order chi connectivity index (χ1) is 14.7. The second-order valence-corrected chi connectivity index (χ2v) is 9.59. The van der Waals surface area contributed by atoms with Crippen LogP contribution in [0.25, 0.3) is 22.3 Å². The van der Waals surface area contributed by atoms with Crippen molar-refractivity contribution in [3.05, 3.63) is 113 Å². The maximum Gasteiger partial charge on any atom is 0.0726 e. The summed E-state index contributed by atoms with van der Waals surface area (Å²) in [5.74, 6) is 0.504. The molecule has 30 heavy (non-hydrogen) atoms. The highest BCUT2D eigenvalue weighted by Crippen LogP contribution is 2.63. The van der Waals surface area contributed by atoms with Crippen LogP contribution in [-0.4, -0.2) is 6.26 Å². The van der Waals surface area contributed by atoms with E-state index < -0.39 is 0 Å². The fourth-order valence-corrected chi connectivity index (χ4v) is 6.06. The van der Waals surface area contributed by atoms with E-state index in [1.807, 2.05) is 11.8 Å². The van der Waals surface area contributed by atoms with Gasteiger partial charge in [-0.25, -0.2) is 0 Å². The van der Waals surface area contributed by atoms with Crippen molar-refractivity contribution in [1.29, 1.82) is 0 Å². The summed E-state index contributed by atoms with van der Waals surface area (Å²) < 4.78 is 0. The second kappa shape index (κ2) is 6.36. The van der Waals surface area contributed by atoms with Gasteiger partial charge in [0.05, 0.1) is 5.41 Å². The topological polar surface area (TPSA) is 0 Å². The smallest absolute Gasteiger partial charge is 0.0726 e. The Morgan fingerprint density at radius 2 is 1.13 bits per heavy atom. The van der Waals surface area contributed by atoms with E-state index in [0.717, 1.165) is 0 Å². The lowest BCUT2D eigenvalue weighted by molar-refractivity contribution is 0.782. The Hall–Kier alpha value is -2.77. The molecule has 146 valence electrons.